The number of nitrogens with zero attached hydrogens (tertiary/aromatic N) is 2. The van der Waals surface area contributed by atoms with Crippen molar-refractivity contribution in [2.45, 2.75) is 0 Å². The third-order valence-corrected chi connectivity index (χ3v) is 2.86. The fraction of sp³-hybridized carbons (Fsp3) is 0. The second-order valence-electron chi connectivity index (χ2n) is 4.48. The highest BCUT2D eigenvalue weighted by Gasteiger charge is 2.04. The van der Waals surface area contributed by atoms with E-state index < -0.39 is 0 Å². The molecule has 0 amide bonds. The number of nitrogens with two attached hydrogens (primary N) is 2. The lowest BCUT2D eigenvalue weighted by Crippen LogP contribution is -1.99. The summed E-state index contributed by atoms with van der Waals surface area (Å²) in [6.45, 7) is 0. The average molecular weight is 278 g/mol. The summed E-state index contributed by atoms with van der Waals surface area (Å²) in [5.74, 6) is 2.72. The van der Waals surface area contributed by atoms with E-state index in [0.717, 1.165) is 17.1 Å². The Bertz CT molecular complexity index is 722. The van der Waals surface area contributed by atoms with E-state index in [9.17, 15) is 0 Å². The summed E-state index contributed by atoms with van der Waals surface area (Å²) < 4.78 is 5.73. The molecule has 21 heavy (non-hydrogen) atoms. The van der Waals surface area contributed by atoms with E-state index in [1.807, 2.05) is 54.6 Å². The fourth-order valence-corrected chi connectivity index (χ4v) is 1.91. The van der Waals surface area contributed by atoms with Crippen molar-refractivity contribution in [2.24, 2.45) is 0 Å². The van der Waals surface area contributed by atoms with Crippen LogP contribution in [0.5, 0.6) is 11.5 Å². The van der Waals surface area contributed by atoms with Crippen LogP contribution in [0, 0.1) is 0 Å². The van der Waals surface area contributed by atoms with Crippen LogP contribution in [0.15, 0.2) is 60.7 Å². The van der Waals surface area contributed by atoms with Crippen LogP contribution in [-0.2, 0) is 0 Å². The Hall–Kier alpha value is -3.08. The van der Waals surface area contributed by atoms with Crippen molar-refractivity contribution in [1.29, 1.82) is 0 Å². The molecule has 1 heterocycles. The normalized spacial score (nSPS) is 10.3. The van der Waals surface area contributed by atoms with Crippen LogP contribution in [-0.4, -0.2) is 9.97 Å². The molecular formula is C16H14N4O. The fourth-order valence-electron chi connectivity index (χ4n) is 1.91. The van der Waals surface area contributed by atoms with E-state index in [1.54, 1.807) is 0 Å². The summed E-state index contributed by atoms with van der Waals surface area (Å²) >= 11 is 0. The topological polar surface area (TPSA) is 87.1 Å². The zero-order valence-electron chi connectivity index (χ0n) is 11.2. The molecule has 0 aliphatic heterocycles. The van der Waals surface area contributed by atoms with Crippen molar-refractivity contribution in [1.82, 2.24) is 9.97 Å². The maximum Gasteiger partial charge on any atom is 0.163 e. The minimum absolute atomic E-state index is 0.349. The molecule has 4 N–H and O–H groups in total. The zero-order chi connectivity index (χ0) is 14.7. The molecule has 0 spiro atoms. The molecule has 0 aliphatic rings. The number of ether oxygens (including phenoxy) is 1. The first kappa shape index (κ1) is 12.9. The van der Waals surface area contributed by atoms with Crippen LogP contribution in [0.2, 0.25) is 0 Å². The smallest absolute Gasteiger partial charge is 0.163 e. The second kappa shape index (κ2) is 5.50. The molecule has 0 saturated carbocycles. The number of hydrogen-bond acceptors (Lipinski definition) is 5. The maximum atomic E-state index is 5.73. The van der Waals surface area contributed by atoms with E-state index in [4.69, 9.17) is 16.2 Å². The number of anilines is 2. The Morgan fingerprint density at radius 3 is 1.90 bits per heavy atom. The zero-order valence-corrected chi connectivity index (χ0v) is 11.2. The highest BCUT2D eigenvalue weighted by atomic mass is 16.5. The summed E-state index contributed by atoms with van der Waals surface area (Å²) in [5, 5.41) is 0. The monoisotopic (exact) mass is 278 g/mol. The van der Waals surface area contributed by atoms with Gasteiger partial charge < -0.3 is 16.2 Å². The Labute approximate surface area is 122 Å². The molecule has 5 heteroatoms. The van der Waals surface area contributed by atoms with Crippen LogP contribution in [0.25, 0.3) is 11.4 Å². The maximum absolute atomic E-state index is 5.73. The third-order valence-electron chi connectivity index (χ3n) is 2.86. The Morgan fingerprint density at radius 1 is 0.714 bits per heavy atom. The van der Waals surface area contributed by atoms with Gasteiger partial charge >= 0.3 is 0 Å². The van der Waals surface area contributed by atoms with Gasteiger partial charge in [0.2, 0.25) is 0 Å². The number of para-hydroxylation sites is 1. The molecule has 0 bridgehead atoms. The molecule has 0 saturated heterocycles. The lowest BCUT2D eigenvalue weighted by Gasteiger charge is -2.07. The quantitative estimate of drug-likeness (QED) is 0.768. The van der Waals surface area contributed by atoms with Gasteiger partial charge in [0.05, 0.1) is 0 Å². The second-order valence-corrected chi connectivity index (χ2v) is 4.48. The van der Waals surface area contributed by atoms with E-state index in [1.165, 1.54) is 6.07 Å². The van der Waals surface area contributed by atoms with Gasteiger partial charge in [-0.15, -0.1) is 0 Å². The predicted molar refractivity (Wildman–Crippen MR) is 82.8 cm³/mol. The van der Waals surface area contributed by atoms with Crippen molar-refractivity contribution < 1.29 is 4.74 Å². The molecule has 0 atom stereocenters. The Morgan fingerprint density at radius 2 is 1.29 bits per heavy atom. The van der Waals surface area contributed by atoms with Crippen molar-refractivity contribution in [3.8, 4) is 22.9 Å². The first-order valence-electron chi connectivity index (χ1n) is 6.44. The Balaban J connectivity index is 1.84. The first-order valence-corrected chi connectivity index (χ1v) is 6.44. The SMILES string of the molecule is Nc1cc(N)nc(-c2ccc(Oc3ccccc3)cc2)n1. The molecule has 1 aromatic heterocycles. The van der Waals surface area contributed by atoms with E-state index in [0.29, 0.717) is 17.5 Å². The molecule has 3 aromatic rings. The standard InChI is InChI=1S/C16H14N4O/c17-14-10-15(18)20-16(19-14)11-6-8-13(9-7-11)21-12-4-2-1-3-5-12/h1-10H,(H4,17,18,19,20). The van der Waals surface area contributed by atoms with E-state index in [2.05, 4.69) is 9.97 Å². The van der Waals surface area contributed by atoms with Crippen LogP contribution >= 0.6 is 0 Å². The number of benzene rings is 2. The third kappa shape index (κ3) is 3.09. The lowest BCUT2D eigenvalue weighted by molar-refractivity contribution is 0.483. The van der Waals surface area contributed by atoms with Gasteiger partial charge in [-0.3, -0.25) is 0 Å². The van der Waals surface area contributed by atoms with Crippen molar-refractivity contribution in [2.75, 3.05) is 11.5 Å². The van der Waals surface area contributed by atoms with Crippen LogP contribution in [0.1, 0.15) is 0 Å². The van der Waals surface area contributed by atoms with Gasteiger partial charge in [0.25, 0.3) is 0 Å². The summed E-state index contributed by atoms with van der Waals surface area (Å²) in [6.07, 6.45) is 0. The Kier molecular flexibility index (Phi) is 3.39. The van der Waals surface area contributed by atoms with Gasteiger partial charge in [-0.1, -0.05) is 18.2 Å². The number of nitrogen functional groups attached to an aromatic ring is 2. The van der Waals surface area contributed by atoms with Gasteiger partial charge in [0.15, 0.2) is 5.82 Å². The minimum atomic E-state index is 0.349. The summed E-state index contributed by atoms with van der Waals surface area (Å²) in [7, 11) is 0. The molecule has 3 rings (SSSR count). The summed E-state index contributed by atoms with van der Waals surface area (Å²) in [6, 6.07) is 18.5. The predicted octanol–water partition coefficient (Wildman–Crippen LogP) is 3.10. The molecule has 5 nitrogen and oxygen atoms in total. The van der Waals surface area contributed by atoms with E-state index in [-0.39, 0.29) is 0 Å². The van der Waals surface area contributed by atoms with Gasteiger partial charge in [0, 0.05) is 11.6 Å². The van der Waals surface area contributed by atoms with Crippen LogP contribution in [0.3, 0.4) is 0 Å². The number of aromatic nitrogens is 2. The van der Waals surface area contributed by atoms with Crippen molar-refractivity contribution >= 4 is 11.6 Å². The van der Waals surface area contributed by atoms with Gasteiger partial charge in [-0.25, -0.2) is 9.97 Å². The molecule has 0 unspecified atom stereocenters. The number of rotatable bonds is 3. The van der Waals surface area contributed by atoms with Gasteiger partial charge in [-0.2, -0.15) is 0 Å². The largest absolute Gasteiger partial charge is 0.457 e. The molecule has 2 aromatic carbocycles. The summed E-state index contributed by atoms with van der Waals surface area (Å²) in [4.78, 5) is 8.33. The molecule has 0 radical (unpaired) electrons. The molecule has 0 aliphatic carbocycles. The van der Waals surface area contributed by atoms with Crippen molar-refractivity contribution in [3.05, 3.63) is 60.7 Å². The van der Waals surface area contributed by atoms with Crippen molar-refractivity contribution in [3.63, 3.8) is 0 Å². The summed E-state index contributed by atoms with van der Waals surface area (Å²) in [5.41, 5.74) is 12.2. The number of hydrogen-bond donors (Lipinski definition) is 2. The van der Waals surface area contributed by atoms with Crippen LogP contribution < -0.4 is 16.2 Å². The average Bonchev–Trinajstić information content (AvgIpc) is 2.48. The highest BCUT2D eigenvalue weighted by molar-refractivity contribution is 5.60. The van der Waals surface area contributed by atoms with Gasteiger partial charge in [-0.05, 0) is 36.4 Å². The molecule has 0 fully saturated rings. The van der Waals surface area contributed by atoms with E-state index >= 15 is 0 Å². The molecular weight excluding hydrogens is 264 g/mol. The minimum Gasteiger partial charge on any atom is -0.457 e. The molecule has 104 valence electrons. The first-order chi connectivity index (χ1) is 10.2. The van der Waals surface area contributed by atoms with Crippen LogP contribution in [0.4, 0.5) is 11.6 Å². The highest BCUT2D eigenvalue weighted by Crippen LogP contribution is 2.24. The lowest BCUT2D eigenvalue weighted by atomic mass is 10.2. The van der Waals surface area contributed by atoms with Gasteiger partial charge in [0.1, 0.15) is 23.1 Å².